The molecule has 0 N–H and O–H groups in total. The molecule has 0 aromatic carbocycles. The molecule has 0 saturated carbocycles. The van der Waals surface area contributed by atoms with Crippen LogP contribution in [0.2, 0.25) is 0 Å². The van der Waals surface area contributed by atoms with Gasteiger partial charge in [-0.3, -0.25) is 14.7 Å². The molecule has 0 radical (unpaired) electrons. The van der Waals surface area contributed by atoms with Crippen LogP contribution in [0, 0.1) is 11.3 Å². The molecule has 3 unspecified atom stereocenters. The average molecular weight is 328 g/mol. The number of rotatable bonds is 8. The number of piperidine rings is 3. The summed E-state index contributed by atoms with van der Waals surface area (Å²) in [5, 5.41) is 0. The van der Waals surface area contributed by atoms with Crippen LogP contribution < -0.4 is 0 Å². The monoisotopic (exact) mass is 328 g/mol. The molecular weight excluding hydrogens is 296 g/mol. The molecule has 0 aliphatic carbocycles. The van der Waals surface area contributed by atoms with Gasteiger partial charge in [-0.15, -0.1) is 0 Å². The van der Waals surface area contributed by atoms with Gasteiger partial charge in [0.1, 0.15) is 0 Å². The maximum absolute atomic E-state index is 13.3. The van der Waals surface area contributed by atoms with Crippen LogP contribution in [0.5, 0.6) is 0 Å². The number of carbonyl (C=O) groups is 1. The van der Waals surface area contributed by atoms with Crippen LogP contribution in [0.25, 0.3) is 0 Å². The van der Waals surface area contributed by atoms with E-state index >= 15 is 0 Å². The van der Waals surface area contributed by atoms with Crippen LogP contribution in [0.1, 0.15) is 64.5 Å². The molecule has 132 valence electrons. The summed E-state index contributed by atoms with van der Waals surface area (Å²) in [5.41, 5.74) is 1.30. The van der Waals surface area contributed by atoms with Crippen LogP contribution in [0.15, 0.2) is 24.4 Å². The number of fused-ring (bicyclic) bond motifs is 3. The average Bonchev–Trinajstić information content (AvgIpc) is 2.62. The van der Waals surface area contributed by atoms with Gasteiger partial charge in [0.25, 0.3) is 0 Å². The zero-order chi connectivity index (χ0) is 17.0. The highest BCUT2D eigenvalue weighted by Gasteiger charge is 2.53. The van der Waals surface area contributed by atoms with Gasteiger partial charge >= 0.3 is 0 Å². The maximum Gasteiger partial charge on any atom is 0.154 e. The van der Waals surface area contributed by atoms with E-state index in [-0.39, 0.29) is 17.4 Å². The number of nitrogens with zero attached hydrogens (tertiary/aromatic N) is 2. The Hall–Kier alpha value is -1.22. The van der Waals surface area contributed by atoms with Crippen LogP contribution in [-0.2, 0) is 11.2 Å². The fourth-order valence-corrected chi connectivity index (χ4v) is 4.95. The van der Waals surface area contributed by atoms with Gasteiger partial charge < -0.3 is 0 Å². The largest absolute Gasteiger partial charge is 0.298 e. The second-order valence-corrected chi connectivity index (χ2v) is 7.82. The smallest absolute Gasteiger partial charge is 0.154 e. The van der Waals surface area contributed by atoms with Crippen molar-refractivity contribution in [1.82, 2.24) is 9.88 Å². The predicted molar refractivity (Wildman–Crippen MR) is 97.9 cm³/mol. The van der Waals surface area contributed by atoms with E-state index in [0.717, 1.165) is 31.6 Å². The summed E-state index contributed by atoms with van der Waals surface area (Å²) in [6.07, 6.45) is 11.1. The number of ketones is 1. The minimum absolute atomic E-state index is 0.0648. The van der Waals surface area contributed by atoms with Crippen molar-refractivity contribution < 1.29 is 4.79 Å². The van der Waals surface area contributed by atoms with Gasteiger partial charge in [-0.1, -0.05) is 45.6 Å². The lowest BCUT2D eigenvalue weighted by atomic mass is 9.59. The van der Waals surface area contributed by atoms with Crippen molar-refractivity contribution in [3.05, 3.63) is 30.1 Å². The first-order valence-corrected chi connectivity index (χ1v) is 9.88. The van der Waals surface area contributed by atoms with E-state index in [2.05, 4.69) is 29.8 Å². The molecule has 4 heterocycles. The highest BCUT2D eigenvalue weighted by molar-refractivity contribution is 5.89. The van der Waals surface area contributed by atoms with E-state index in [9.17, 15) is 4.79 Å². The number of hydrogen-bond acceptors (Lipinski definition) is 3. The van der Waals surface area contributed by atoms with Crippen molar-refractivity contribution >= 4 is 5.78 Å². The highest BCUT2D eigenvalue weighted by Crippen LogP contribution is 2.49. The molecule has 3 fully saturated rings. The Balaban J connectivity index is 1.77. The van der Waals surface area contributed by atoms with E-state index in [1.807, 2.05) is 18.3 Å². The normalized spacial score (nSPS) is 28.2. The molecular formula is C21H32N2O. The van der Waals surface area contributed by atoms with Crippen molar-refractivity contribution in [3.8, 4) is 0 Å². The molecule has 3 heteroatoms. The van der Waals surface area contributed by atoms with E-state index < -0.39 is 0 Å². The van der Waals surface area contributed by atoms with Gasteiger partial charge in [0, 0.05) is 30.8 Å². The minimum atomic E-state index is 0.0648. The minimum Gasteiger partial charge on any atom is -0.298 e. The summed E-state index contributed by atoms with van der Waals surface area (Å²) in [4.78, 5) is 20.2. The summed E-state index contributed by atoms with van der Waals surface area (Å²) in [6.45, 7) is 6.75. The molecule has 3 atom stereocenters. The number of unbranched alkanes of at least 4 members (excludes halogenated alkanes) is 2. The Bertz CT molecular complexity index is 534. The maximum atomic E-state index is 13.3. The first-order valence-electron chi connectivity index (χ1n) is 9.88. The van der Waals surface area contributed by atoms with E-state index in [0.29, 0.717) is 5.78 Å². The second-order valence-electron chi connectivity index (χ2n) is 7.82. The van der Waals surface area contributed by atoms with Crippen molar-refractivity contribution in [3.63, 3.8) is 0 Å². The lowest BCUT2D eigenvalue weighted by Crippen LogP contribution is -2.64. The van der Waals surface area contributed by atoms with Crippen LogP contribution in [0.4, 0.5) is 0 Å². The summed E-state index contributed by atoms with van der Waals surface area (Å²) < 4.78 is 0. The highest BCUT2D eigenvalue weighted by atomic mass is 16.1. The summed E-state index contributed by atoms with van der Waals surface area (Å²) in [6, 6.07) is 6.09. The SMILES string of the molecule is CCCCC1(CCCC)CN2CCC1C(=O)C2Cc1ccccn1. The Morgan fingerprint density at radius 3 is 2.54 bits per heavy atom. The van der Waals surface area contributed by atoms with Crippen molar-refractivity contribution in [2.24, 2.45) is 11.3 Å². The molecule has 3 aliphatic heterocycles. The molecule has 2 bridgehead atoms. The number of pyridine rings is 1. The van der Waals surface area contributed by atoms with Gasteiger partial charge in [0.2, 0.25) is 0 Å². The quantitative estimate of drug-likeness (QED) is 0.715. The summed E-state index contributed by atoms with van der Waals surface area (Å²) in [7, 11) is 0. The van der Waals surface area contributed by atoms with Crippen molar-refractivity contribution in [1.29, 1.82) is 0 Å². The third kappa shape index (κ3) is 3.42. The molecule has 24 heavy (non-hydrogen) atoms. The fraction of sp³-hybridized carbons (Fsp3) is 0.714. The van der Waals surface area contributed by atoms with E-state index in [1.165, 1.54) is 38.5 Å². The standard InChI is InChI=1S/C21H32N2O/c1-3-5-11-21(12-6-4-2)16-23-14-10-18(21)20(24)19(23)15-17-9-7-8-13-22-17/h7-9,13,18-19H,3-6,10-12,14-16H2,1-2H3. The van der Waals surface area contributed by atoms with Gasteiger partial charge in [-0.05, 0) is 43.4 Å². The van der Waals surface area contributed by atoms with Gasteiger partial charge in [-0.2, -0.15) is 0 Å². The molecule has 1 aromatic heterocycles. The molecule has 0 spiro atoms. The predicted octanol–water partition coefficient (Wildman–Crippen LogP) is 4.26. The van der Waals surface area contributed by atoms with Gasteiger partial charge in [-0.25, -0.2) is 0 Å². The molecule has 3 saturated heterocycles. The topological polar surface area (TPSA) is 33.2 Å². The lowest BCUT2D eigenvalue weighted by Gasteiger charge is -2.56. The molecule has 4 rings (SSSR count). The zero-order valence-electron chi connectivity index (χ0n) is 15.3. The fourth-order valence-electron chi connectivity index (χ4n) is 4.95. The van der Waals surface area contributed by atoms with E-state index in [1.54, 1.807) is 0 Å². The van der Waals surface area contributed by atoms with Gasteiger partial charge in [0.15, 0.2) is 5.78 Å². The van der Waals surface area contributed by atoms with Gasteiger partial charge in [0.05, 0.1) is 6.04 Å². The summed E-state index contributed by atoms with van der Waals surface area (Å²) >= 11 is 0. The molecule has 3 aliphatic rings. The third-order valence-electron chi connectivity index (χ3n) is 6.26. The van der Waals surface area contributed by atoms with E-state index in [4.69, 9.17) is 0 Å². The Morgan fingerprint density at radius 2 is 1.96 bits per heavy atom. The van der Waals surface area contributed by atoms with Crippen molar-refractivity contribution in [2.75, 3.05) is 13.1 Å². The van der Waals surface area contributed by atoms with Crippen molar-refractivity contribution in [2.45, 2.75) is 71.3 Å². The zero-order valence-corrected chi connectivity index (χ0v) is 15.3. The Kier molecular flexibility index (Phi) is 5.70. The summed E-state index contributed by atoms with van der Waals surface area (Å²) in [5.74, 6) is 0.791. The Morgan fingerprint density at radius 1 is 1.21 bits per heavy atom. The number of hydrogen-bond donors (Lipinski definition) is 0. The first-order chi connectivity index (χ1) is 11.7. The number of carbonyl (C=O) groups excluding carboxylic acids is 1. The lowest BCUT2D eigenvalue weighted by molar-refractivity contribution is -0.152. The third-order valence-corrected chi connectivity index (χ3v) is 6.26. The second kappa shape index (κ2) is 7.77. The number of Topliss-reactive ketones (excluding diaryl/α,β-unsaturated/α-hetero) is 1. The van der Waals surface area contributed by atoms with Crippen LogP contribution >= 0.6 is 0 Å². The molecule has 1 aromatic rings. The number of aromatic nitrogens is 1. The Labute approximate surface area is 146 Å². The van der Waals surface area contributed by atoms with Crippen LogP contribution in [-0.4, -0.2) is 34.8 Å². The van der Waals surface area contributed by atoms with Crippen LogP contribution in [0.3, 0.4) is 0 Å². The molecule has 0 amide bonds. The molecule has 3 nitrogen and oxygen atoms in total. The first kappa shape index (κ1) is 17.6.